The third-order valence-corrected chi connectivity index (χ3v) is 5.03. The molecule has 0 saturated carbocycles. The molecule has 2 aromatic heterocycles. The number of hydrogen-bond acceptors (Lipinski definition) is 6. The lowest BCUT2D eigenvalue weighted by molar-refractivity contribution is 0.0903. The van der Waals surface area contributed by atoms with E-state index in [9.17, 15) is 4.39 Å². The summed E-state index contributed by atoms with van der Waals surface area (Å²) in [7, 11) is 0. The number of hydrogen-bond donors (Lipinski definition) is 1. The predicted octanol–water partition coefficient (Wildman–Crippen LogP) is 4.04. The van der Waals surface area contributed by atoms with Crippen LogP contribution in [0.2, 0.25) is 0 Å². The van der Waals surface area contributed by atoms with Gasteiger partial charge in [0, 0.05) is 49.2 Å². The largest absolute Gasteiger partial charge is 0.381 e. The van der Waals surface area contributed by atoms with E-state index in [0.29, 0.717) is 17.8 Å². The van der Waals surface area contributed by atoms with Crippen LogP contribution in [0.25, 0.3) is 23.2 Å². The number of halogens is 1. The fourth-order valence-electron chi connectivity index (χ4n) is 3.44. The number of aromatic nitrogens is 4. The molecule has 0 amide bonds. The van der Waals surface area contributed by atoms with Crippen molar-refractivity contribution in [1.82, 2.24) is 19.5 Å². The molecule has 8 heteroatoms. The van der Waals surface area contributed by atoms with Crippen molar-refractivity contribution in [3.05, 3.63) is 60.1 Å². The van der Waals surface area contributed by atoms with E-state index in [1.165, 1.54) is 12.1 Å². The molecule has 1 N–H and O–H groups in total. The number of aliphatic imine (C=N–C) groups is 1. The summed E-state index contributed by atoms with van der Waals surface area (Å²) in [5.74, 6) is 0.958. The van der Waals surface area contributed by atoms with E-state index in [0.717, 1.165) is 48.7 Å². The molecule has 3 aromatic rings. The van der Waals surface area contributed by atoms with Crippen LogP contribution in [0.3, 0.4) is 0 Å². The maximum Gasteiger partial charge on any atom is 0.222 e. The molecular formula is C22H23FN6O. The average molecular weight is 406 g/mol. The highest BCUT2D eigenvalue weighted by Gasteiger charge is 2.18. The van der Waals surface area contributed by atoms with Crippen LogP contribution in [0.1, 0.15) is 24.2 Å². The summed E-state index contributed by atoms with van der Waals surface area (Å²) in [6, 6.07) is 6.60. The van der Waals surface area contributed by atoms with Crippen LogP contribution >= 0.6 is 0 Å². The standard InChI is InChI=1S/C22H23FN6O/c1-15-20(7-10-24-2)28-21(29(15)19-5-3-17(23)4-6-19)16-13-25-22(26-14-16)27-18-8-11-30-12-9-18/h3-7,10,13-14,18H,2,8-9,11-12H2,1H3,(H,25,26,27)/b10-7-. The number of imidazole rings is 1. The number of nitrogens with one attached hydrogen (secondary N) is 1. The molecule has 0 spiro atoms. The van der Waals surface area contributed by atoms with E-state index in [1.54, 1.807) is 36.8 Å². The van der Waals surface area contributed by atoms with Crippen molar-refractivity contribution < 1.29 is 9.13 Å². The molecule has 154 valence electrons. The van der Waals surface area contributed by atoms with Crippen molar-refractivity contribution in [2.75, 3.05) is 18.5 Å². The first-order chi connectivity index (χ1) is 14.7. The zero-order valence-electron chi connectivity index (χ0n) is 16.8. The summed E-state index contributed by atoms with van der Waals surface area (Å²) in [5, 5.41) is 3.35. The Hall–Kier alpha value is -3.39. The van der Waals surface area contributed by atoms with E-state index < -0.39 is 0 Å². The number of benzene rings is 1. The summed E-state index contributed by atoms with van der Waals surface area (Å²) in [6.45, 7) is 6.92. The summed E-state index contributed by atoms with van der Waals surface area (Å²) in [6.07, 6.45) is 8.74. The number of ether oxygens (including phenoxy) is 1. The van der Waals surface area contributed by atoms with Gasteiger partial charge in [0.2, 0.25) is 5.95 Å². The predicted molar refractivity (Wildman–Crippen MR) is 115 cm³/mol. The van der Waals surface area contributed by atoms with Crippen LogP contribution in [0.5, 0.6) is 0 Å². The van der Waals surface area contributed by atoms with Gasteiger partial charge in [-0.2, -0.15) is 0 Å². The molecule has 1 aliphatic heterocycles. The van der Waals surface area contributed by atoms with Gasteiger partial charge in [-0.05, 0) is 56.8 Å². The van der Waals surface area contributed by atoms with Crippen molar-refractivity contribution in [2.24, 2.45) is 4.99 Å². The molecule has 30 heavy (non-hydrogen) atoms. The van der Waals surface area contributed by atoms with E-state index in [2.05, 4.69) is 27.0 Å². The Labute approximate surface area is 174 Å². The van der Waals surface area contributed by atoms with E-state index in [-0.39, 0.29) is 5.82 Å². The van der Waals surface area contributed by atoms with Crippen LogP contribution in [-0.2, 0) is 4.74 Å². The molecule has 0 unspecified atom stereocenters. The molecule has 4 rings (SSSR count). The van der Waals surface area contributed by atoms with E-state index in [4.69, 9.17) is 9.72 Å². The Balaban J connectivity index is 1.69. The molecular weight excluding hydrogens is 383 g/mol. The van der Waals surface area contributed by atoms with Crippen molar-refractivity contribution in [3.8, 4) is 17.1 Å². The van der Waals surface area contributed by atoms with Gasteiger partial charge in [0.25, 0.3) is 0 Å². The van der Waals surface area contributed by atoms with Crippen LogP contribution in [0.4, 0.5) is 10.3 Å². The SMILES string of the molecule is C=N/C=C\c1nc(-c2cnc(NC3CCOCC3)nc2)n(-c2ccc(F)cc2)c1C. The third-order valence-electron chi connectivity index (χ3n) is 5.03. The second-order valence-electron chi connectivity index (χ2n) is 7.04. The van der Waals surface area contributed by atoms with Crippen molar-refractivity contribution in [3.63, 3.8) is 0 Å². The fraction of sp³-hybridized carbons (Fsp3) is 0.273. The monoisotopic (exact) mass is 406 g/mol. The lowest BCUT2D eigenvalue weighted by atomic mass is 10.1. The molecule has 1 fully saturated rings. The molecule has 1 aliphatic rings. The van der Waals surface area contributed by atoms with E-state index >= 15 is 0 Å². The Morgan fingerprint density at radius 1 is 1.20 bits per heavy atom. The number of anilines is 1. The third kappa shape index (κ3) is 4.28. The van der Waals surface area contributed by atoms with Crippen LogP contribution in [0, 0.1) is 12.7 Å². The van der Waals surface area contributed by atoms with Gasteiger partial charge >= 0.3 is 0 Å². The minimum absolute atomic E-state index is 0.291. The average Bonchev–Trinajstić information content (AvgIpc) is 3.10. The van der Waals surface area contributed by atoms with Gasteiger partial charge in [0.05, 0.1) is 11.3 Å². The molecule has 7 nitrogen and oxygen atoms in total. The first-order valence-corrected chi connectivity index (χ1v) is 9.80. The zero-order chi connectivity index (χ0) is 20.9. The zero-order valence-corrected chi connectivity index (χ0v) is 16.8. The van der Waals surface area contributed by atoms with Gasteiger partial charge in [0.1, 0.15) is 11.6 Å². The van der Waals surface area contributed by atoms with Gasteiger partial charge in [-0.15, -0.1) is 0 Å². The summed E-state index contributed by atoms with van der Waals surface area (Å²) >= 11 is 0. The lowest BCUT2D eigenvalue weighted by Crippen LogP contribution is -2.28. The summed E-state index contributed by atoms with van der Waals surface area (Å²) < 4.78 is 20.8. The van der Waals surface area contributed by atoms with Gasteiger partial charge in [-0.1, -0.05) is 0 Å². The van der Waals surface area contributed by atoms with Crippen LogP contribution in [0.15, 0.2) is 47.9 Å². The fourth-order valence-corrected chi connectivity index (χ4v) is 3.44. The molecule has 3 heterocycles. The highest BCUT2D eigenvalue weighted by molar-refractivity contribution is 5.63. The van der Waals surface area contributed by atoms with Crippen LogP contribution in [-0.4, -0.2) is 45.5 Å². The Morgan fingerprint density at radius 2 is 1.90 bits per heavy atom. The van der Waals surface area contributed by atoms with Gasteiger partial charge in [-0.3, -0.25) is 9.56 Å². The summed E-state index contributed by atoms with van der Waals surface area (Å²) in [4.78, 5) is 17.5. The molecule has 0 radical (unpaired) electrons. The van der Waals surface area contributed by atoms with Gasteiger partial charge in [0.15, 0.2) is 0 Å². The number of rotatable bonds is 6. The minimum atomic E-state index is -0.291. The minimum Gasteiger partial charge on any atom is -0.381 e. The van der Waals surface area contributed by atoms with Gasteiger partial charge < -0.3 is 10.1 Å². The Kier molecular flexibility index (Phi) is 5.94. The molecule has 0 bridgehead atoms. The Bertz CT molecular complexity index is 1040. The molecule has 1 aromatic carbocycles. The first-order valence-electron chi connectivity index (χ1n) is 9.80. The van der Waals surface area contributed by atoms with Crippen molar-refractivity contribution in [1.29, 1.82) is 0 Å². The maximum absolute atomic E-state index is 13.4. The van der Waals surface area contributed by atoms with Gasteiger partial charge in [-0.25, -0.2) is 19.3 Å². The summed E-state index contributed by atoms with van der Waals surface area (Å²) in [5.41, 5.74) is 3.19. The topological polar surface area (TPSA) is 77.2 Å². The maximum atomic E-state index is 13.4. The second kappa shape index (κ2) is 8.96. The highest BCUT2D eigenvalue weighted by Crippen LogP contribution is 2.27. The van der Waals surface area contributed by atoms with Crippen LogP contribution < -0.4 is 5.32 Å². The van der Waals surface area contributed by atoms with Crippen molar-refractivity contribution >= 4 is 18.7 Å². The second-order valence-corrected chi connectivity index (χ2v) is 7.04. The molecule has 0 aliphatic carbocycles. The molecule has 0 atom stereocenters. The first kappa shape index (κ1) is 19.9. The smallest absolute Gasteiger partial charge is 0.222 e. The normalized spacial score (nSPS) is 14.9. The highest BCUT2D eigenvalue weighted by atomic mass is 19.1. The number of nitrogens with zero attached hydrogens (tertiary/aromatic N) is 5. The van der Waals surface area contributed by atoms with Crippen molar-refractivity contribution in [2.45, 2.75) is 25.8 Å². The van der Waals surface area contributed by atoms with E-state index in [1.807, 2.05) is 11.5 Å². The quantitative estimate of drug-likeness (QED) is 0.625. The molecule has 1 saturated heterocycles. The lowest BCUT2D eigenvalue weighted by Gasteiger charge is -2.22. The Morgan fingerprint density at radius 3 is 2.57 bits per heavy atom.